The molecule has 0 atom stereocenters. The Morgan fingerprint density at radius 1 is 0.828 bits per heavy atom. The van der Waals surface area contributed by atoms with Crippen molar-refractivity contribution in [2.75, 3.05) is 0 Å². The Balaban J connectivity index is 2.13. The largest absolute Gasteiger partial charge is 0.425 e. The smallest absolute Gasteiger partial charge is 0.311 e. The molecule has 0 aliphatic rings. The predicted molar refractivity (Wildman–Crippen MR) is 113 cm³/mol. The number of para-hydroxylation sites is 1. The molecule has 0 saturated carbocycles. The van der Waals surface area contributed by atoms with Crippen LogP contribution in [-0.2, 0) is 19.7 Å². The second-order valence-corrected chi connectivity index (χ2v) is 8.76. The Morgan fingerprint density at radius 3 is 1.97 bits per heavy atom. The monoisotopic (exact) mass is 426 g/mol. The van der Waals surface area contributed by atoms with Gasteiger partial charge in [-0.2, -0.15) is 8.42 Å². The van der Waals surface area contributed by atoms with Crippen molar-refractivity contribution in [1.82, 2.24) is 0 Å². The van der Waals surface area contributed by atoms with E-state index in [-0.39, 0.29) is 18.0 Å². The zero-order valence-corrected chi connectivity index (χ0v) is 18.2. The van der Waals surface area contributed by atoms with E-state index in [2.05, 4.69) is 6.92 Å². The van der Waals surface area contributed by atoms with Gasteiger partial charge in [-0.15, -0.1) is 0 Å². The minimum absolute atomic E-state index is 0.131. The lowest BCUT2D eigenvalue weighted by molar-refractivity contribution is -0.134. The van der Waals surface area contributed by atoms with Crippen molar-refractivity contribution >= 4 is 21.9 Å². The summed E-state index contributed by atoms with van der Waals surface area (Å²) in [7, 11) is -4.45. The molecule has 1 aromatic rings. The number of carbonyl (C=O) groups excluding carboxylic acids is 2. The summed E-state index contributed by atoms with van der Waals surface area (Å²) in [5.74, 6) is -0.455. The van der Waals surface area contributed by atoms with Crippen LogP contribution in [0.1, 0.15) is 90.4 Å². The lowest BCUT2D eigenvalue weighted by atomic mass is 10.0. The first-order valence-corrected chi connectivity index (χ1v) is 12.1. The Kier molecular flexibility index (Phi) is 12.5. The Labute approximate surface area is 174 Å². The number of esters is 1. The molecule has 0 radical (unpaired) electrons. The lowest BCUT2D eigenvalue weighted by Crippen LogP contribution is -2.11. The van der Waals surface area contributed by atoms with Crippen LogP contribution in [-0.4, -0.2) is 24.7 Å². The molecule has 0 aliphatic heterocycles. The fourth-order valence-corrected chi connectivity index (χ4v) is 3.71. The van der Waals surface area contributed by atoms with Crippen LogP contribution in [0.25, 0.3) is 0 Å². The summed E-state index contributed by atoms with van der Waals surface area (Å²) >= 11 is 0. The summed E-state index contributed by atoms with van der Waals surface area (Å²) in [5, 5.41) is 0. The average molecular weight is 427 g/mol. The molecule has 0 spiro atoms. The number of carbonyl (C=O) groups is 2. The van der Waals surface area contributed by atoms with Gasteiger partial charge < -0.3 is 4.74 Å². The van der Waals surface area contributed by atoms with E-state index in [0.717, 1.165) is 25.7 Å². The van der Waals surface area contributed by atoms with Gasteiger partial charge in [-0.3, -0.25) is 14.1 Å². The van der Waals surface area contributed by atoms with Crippen LogP contribution in [0.2, 0.25) is 0 Å². The Morgan fingerprint density at radius 2 is 1.34 bits per heavy atom. The molecule has 7 heteroatoms. The van der Waals surface area contributed by atoms with Gasteiger partial charge in [0.25, 0.3) is 10.1 Å². The second kappa shape index (κ2) is 14.3. The van der Waals surface area contributed by atoms with E-state index in [1.807, 2.05) is 0 Å². The van der Waals surface area contributed by atoms with Crippen LogP contribution < -0.4 is 4.74 Å². The summed E-state index contributed by atoms with van der Waals surface area (Å²) in [6.07, 6.45) is 11.7. The lowest BCUT2D eigenvalue weighted by Gasteiger charge is -2.08. The van der Waals surface area contributed by atoms with Gasteiger partial charge in [0.1, 0.15) is 10.7 Å². The maximum atomic E-state index is 11.9. The van der Waals surface area contributed by atoms with Crippen LogP contribution >= 0.6 is 0 Å². The van der Waals surface area contributed by atoms with Gasteiger partial charge >= 0.3 is 5.97 Å². The molecule has 0 unspecified atom stereocenters. The quantitative estimate of drug-likeness (QED) is 0.162. The van der Waals surface area contributed by atoms with Crippen LogP contribution in [0.15, 0.2) is 29.2 Å². The standard InChI is InChI=1S/C22H34O6S/c1-2-3-4-5-6-7-9-14-19(23)15-10-8-11-18-22(24)28-20-16-12-13-17-21(20)29(25,26)27/h12-13,16-17H,2-11,14-15,18H2,1H3,(H,25,26,27). The first-order valence-electron chi connectivity index (χ1n) is 10.6. The van der Waals surface area contributed by atoms with Crippen molar-refractivity contribution in [2.24, 2.45) is 0 Å². The van der Waals surface area contributed by atoms with Crippen molar-refractivity contribution in [2.45, 2.75) is 95.3 Å². The molecular formula is C22H34O6S. The van der Waals surface area contributed by atoms with Gasteiger partial charge in [-0.25, -0.2) is 0 Å². The fourth-order valence-electron chi connectivity index (χ4n) is 3.09. The maximum Gasteiger partial charge on any atom is 0.311 e. The fraction of sp³-hybridized carbons (Fsp3) is 0.636. The first kappa shape index (κ1) is 25.3. The van der Waals surface area contributed by atoms with Crippen LogP contribution in [0.5, 0.6) is 5.75 Å². The normalized spacial score (nSPS) is 11.4. The van der Waals surface area contributed by atoms with E-state index in [9.17, 15) is 18.0 Å². The molecule has 1 N–H and O–H groups in total. The molecule has 1 rings (SSSR count). The summed E-state index contributed by atoms with van der Waals surface area (Å²) in [5.41, 5.74) is 0. The second-order valence-electron chi connectivity index (χ2n) is 7.37. The third-order valence-corrected chi connectivity index (χ3v) is 5.64. The molecule has 0 fully saturated rings. The van der Waals surface area contributed by atoms with Crippen LogP contribution in [0, 0.1) is 0 Å². The number of hydrogen-bond donors (Lipinski definition) is 1. The number of rotatable bonds is 16. The van der Waals surface area contributed by atoms with E-state index < -0.39 is 21.0 Å². The molecule has 0 aromatic heterocycles. The minimum Gasteiger partial charge on any atom is -0.425 e. The maximum absolute atomic E-state index is 11.9. The molecule has 6 nitrogen and oxygen atoms in total. The summed E-state index contributed by atoms with van der Waals surface area (Å²) in [6.45, 7) is 2.20. The number of ether oxygens (including phenoxy) is 1. The summed E-state index contributed by atoms with van der Waals surface area (Å²) in [6, 6.07) is 5.45. The third-order valence-electron chi connectivity index (χ3n) is 4.75. The van der Waals surface area contributed by atoms with E-state index in [4.69, 9.17) is 9.29 Å². The van der Waals surface area contributed by atoms with Crippen LogP contribution in [0.3, 0.4) is 0 Å². The SMILES string of the molecule is CCCCCCCCCC(=O)CCCCCC(=O)Oc1ccccc1S(=O)(=O)O. The van der Waals surface area contributed by atoms with Crippen molar-refractivity contribution in [3.63, 3.8) is 0 Å². The number of hydrogen-bond acceptors (Lipinski definition) is 5. The highest BCUT2D eigenvalue weighted by Crippen LogP contribution is 2.23. The van der Waals surface area contributed by atoms with E-state index in [0.29, 0.717) is 19.3 Å². The van der Waals surface area contributed by atoms with Gasteiger partial charge in [0.05, 0.1) is 0 Å². The zero-order valence-electron chi connectivity index (χ0n) is 17.4. The highest BCUT2D eigenvalue weighted by atomic mass is 32.2. The van der Waals surface area contributed by atoms with Gasteiger partial charge in [0.2, 0.25) is 0 Å². The van der Waals surface area contributed by atoms with Gasteiger partial charge in [-0.1, -0.05) is 64.0 Å². The topological polar surface area (TPSA) is 97.7 Å². The number of ketones is 1. The molecule has 0 aliphatic carbocycles. The molecule has 0 heterocycles. The summed E-state index contributed by atoms with van der Waals surface area (Å²) < 4.78 is 36.8. The molecule has 164 valence electrons. The van der Waals surface area contributed by atoms with Gasteiger partial charge in [0, 0.05) is 19.3 Å². The molecule has 0 bridgehead atoms. The molecule has 0 amide bonds. The highest BCUT2D eigenvalue weighted by Gasteiger charge is 2.18. The van der Waals surface area contributed by atoms with Crippen molar-refractivity contribution < 1.29 is 27.3 Å². The molecule has 29 heavy (non-hydrogen) atoms. The minimum atomic E-state index is -4.45. The Bertz CT molecular complexity index is 727. The van der Waals surface area contributed by atoms with Gasteiger partial charge in [-0.05, 0) is 31.4 Å². The first-order chi connectivity index (χ1) is 13.8. The average Bonchev–Trinajstić information content (AvgIpc) is 2.66. The Hall–Kier alpha value is -1.73. The van der Waals surface area contributed by atoms with E-state index >= 15 is 0 Å². The van der Waals surface area contributed by atoms with Gasteiger partial charge in [0.15, 0.2) is 5.75 Å². The zero-order chi connectivity index (χ0) is 21.5. The van der Waals surface area contributed by atoms with Crippen molar-refractivity contribution in [3.8, 4) is 5.75 Å². The summed E-state index contributed by atoms with van der Waals surface area (Å²) in [4.78, 5) is 23.3. The number of Topliss-reactive ketones (excluding diaryl/α,β-unsaturated/α-hetero) is 1. The molecule has 0 saturated heterocycles. The van der Waals surface area contributed by atoms with Crippen LogP contribution in [0.4, 0.5) is 0 Å². The number of benzene rings is 1. The van der Waals surface area contributed by atoms with Crippen molar-refractivity contribution in [1.29, 1.82) is 0 Å². The third kappa shape index (κ3) is 11.8. The molecule has 1 aromatic carbocycles. The number of unbranched alkanes of at least 4 members (excludes halogenated alkanes) is 8. The molecular weight excluding hydrogens is 392 g/mol. The van der Waals surface area contributed by atoms with E-state index in [1.54, 1.807) is 0 Å². The highest BCUT2D eigenvalue weighted by molar-refractivity contribution is 7.86. The van der Waals surface area contributed by atoms with Crippen molar-refractivity contribution in [3.05, 3.63) is 24.3 Å². The van der Waals surface area contributed by atoms with E-state index in [1.165, 1.54) is 56.4 Å². The predicted octanol–water partition coefficient (Wildman–Crippen LogP) is 5.50.